The third kappa shape index (κ3) is 3.86. The van der Waals surface area contributed by atoms with Gasteiger partial charge in [-0.25, -0.2) is 4.79 Å². The third-order valence-corrected chi connectivity index (χ3v) is 2.26. The van der Waals surface area contributed by atoms with Crippen molar-refractivity contribution in [1.82, 2.24) is 5.32 Å². The molecular weight excluding hydrogens is 242 g/mol. The number of nitriles is 2. The number of allylic oxidation sites excluding steroid dienone is 5. The lowest BCUT2D eigenvalue weighted by molar-refractivity contribution is -0.138. The summed E-state index contributed by atoms with van der Waals surface area (Å²) in [4.78, 5) is 11.9. The van der Waals surface area contributed by atoms with Gasteiger partial charge in [-0.05, 0) is 32.1 Å². The van der Waals surface area contributed by atoms with Gasteiger partial charge in [0.05, 0.1) is 17.9 Å². The summed E-state index contributed by atoms with van der Waals surface area (Å²) < 4.78 is 4.93. The Morgan fingerprint density at radius 1 is 1.47 bits per heavy atom. The van der Waals surface area contributed by atoms with Crippen LogP contribution in [0.1, 0.15) is 13.8 Å². The normalized spacial score (nSPS) is 15.3. The quantitative estimate of drug-likeness (QED) is 0.472. The van der Waals surface area contributed by atoms with Crippen molar-refractivity contribution < 1.29 is 9.53 Å². The van der Waals surface area contributed by atoms with E-state index >= 15 is 0 Å². The molecule has 0 amide bonds. The average molecular weight is 255 g/mol. The molecule has 19 heavy (non-hydrogen) atoms. The predicted molar refractivity (Wildman–Crippen MR) is 69.0 cm³/mol. The molecule has 0 aromatic carbocycles. The zero-order chi connectivity index (χ0) is 14.3. The van der Waals surface area contributed by atoms with E-state index in [0.29, 0.717) is 5.70 Å². The molecule has 0 saturated carbocycles. The topological polar surface area (TPSA) is 85.9 Å². The largest absolute Gasteiger partial charge is 0.462 e. The fourth-order valence-electron chi connectivity index (χ4n) is 1.43. The van der Waals surface area contributed by atoms with Crippen LogP contribution in [0.2, 0.25) is 0 Å². The minimum atomic E-state index is -0.577. The van der Waals surface area contributed by atoms with E-state index in [-0.39, 0.29) is 17.8 Å². The van der Waals surface area contributed by atoms with E-state index < -0.39 is 5.97 Å². The van der Waals surface area contributed by atoms with Gasteiger partial charge < -0.3 is 10.1 Å². The van der Waals surface area contributed by atoms with E-state index in [4.69, 9.17) is 15.3 Å². The second-order valence-corrected chi connectivity index (χ2v) is 3.66. The Morgan fingerprint density at radius 3 is 2.68 bits per heavy atom. The Labute approximate surface area is 111 Å². The second kappa shape index (κ2) is 6.83. The minimum absolute atomic E-state index is 0.155. The van der Waals surface area contributed by atoms with E-state index in [1.54, 1.807) is 31.2 Å². The summed E-state index contributed by atoms with van der Waals surface area (Å²) in [6, 6.07) is 3.44. The molecule has 0 aromatic rings. The monoisotopic (exact) mass is 255 g/mol. The van der Waals surface area contributed by atoms with Gasteiger partial charge in [0.25, 0.3) is 0 Å². The number of nitrogens with one attached hydrogen (secondary N) is 1. The molecule has 0 spiro atoms. The molecule has 1 N–H and O–H groups in total. The number of ether oxygens (including phenoxy) is 1. The number of esters is 1. The molecule has 0 fully saturated rings. The summed E-state index contributed by atoms with van der Waals surface area (Å²) in [5.74, 6) is -0.577. The van der Waals surface area contributed by atoms with Crippen LogP contribution in [-0.2, 0) is 9.53 Å². The van der Waals surface area contributed by atoms with Crippen molar-refractivity contribution in [2.75, 3.05) is 6.61 Å². The molecule has 0 bridgehead atoms. The summed E-state index contributed by atoms with van der Waals surface area (Å²) in [7, 11) is 0. The second-order valence-electron chi connectivity index (χ2n) is 3.66. The zero-order valence-corrected chi connectivity index (χ0v) is 10.7. The first-order valence-electron chi connectivity index (χ1n) is 5.67. The van der Waals surface area contributed by atoms with Gasteiger partial charge in [0.1, 0.15) is 17.7 Å². The van der Waals surface area contributed by atoms with Crippen molar-refractivity contribution in [2.24, 2.45) is 0 Å². The number of hydrogen-bond donors (Lipinski definition) is 1. The number of carbonyl (C=O) groups excluding carboxylic acids is 1. The van der Waals surface area contributed by atoms with Gasteiger partial charge in [0, 0.05) is 5.70 Å². The van der Waals surface area contributed by atoms with Crippen LogP contribution in [0.25, 0.3) is 0 Å². The first-order valence-corrected chi connectivity index (χ1v) is 5.67. The molecule has 1 heterocycles. The van der Waals surface area contributed by atoms with Gasteiger partial charge >= 0.3 is 5.97 Å². The fourth-order valence-corrected chi connectivity index (χ4v) is 1.43. The molecule has 1 rings (SSSR count). The van der Waals surface area contributed by atoms with Crippen LogP contribution in [0, 0.1) is 22.7 Å². The van der Waals surface area contributed by atoms with Crippen molar-refractivity contribution in [3.05, 3.63) is 46.8 Å². The van der Waals surface area contributed by atoms with E-state index in [2.05, 4.69) is 5.32 Å². The van der Waals surface area contributed by atoms with Gasteiger partial charge in [-0.2, -0.15) is 10.5 Å². The SMILES string of the molecule is CCOC(=O)/C(C=C(C#N)C#N)=C1\C=CC=C(C)N1. The fraction of sp³-hybridized carbons (Fsp3) is 0.214. The molecule has 5 heteroatoms. The van der Waals surface area contributed by atoms with Crippen LogP contribution in [-0.4, -0.2) is 12.6 Å². The van der Waals surface area contributed by atoms with Crippen molar-refractivity contribution in [3.63, 3.8) is 0 Å². The first-order chi connectivity index (χ1) is 9.12. The molecule has 0 unspecified atom stereocenters. The number of hydrogen-bond acceptors (Lipinski definition) is 5. The highest BCUT2D eigenvalue weighted by Crippen LogP contribution is 2.15. The molecule has 0 radical (unpaired) electrons. The van der Waals surface area contributed by atoms with Gasteiger partial charge in [0.15, 0.2) is 0 Å². The summed E-state index contributed by atoms with van der Waals surface area (Å²) in [5.41, 5.74) is 1.35. The first kappa shape index (κ1) is 14.3. The van der Waals surface area contributed by atoms with Crippen molar-refractivity contribution in [1.29, 1.82) is 10.5 Å². The van der Waals surface area contributed by atoms with E-state index in [1.165, 1.54) is 6.08 Å². The van der Waals surface area contributed by atoms with Crippen LogP contribution in [0.4, 0.5) is 0 Å². The highest BCUT2D eigenvalue weighted by molar-refractivity contribution is 5.93. The Kier molecular flexibility index (Phi) is 5.13. The predicted octanol–water partition coefficient (Wildman–Crippen LogP) is 1.84. The summed E-state index contributed by atoms with van der Waals surface area (Å²) >= 11 is 0. The van der Waals surface area contributed by atoms with Crippen molar-refractivity contribution >= 4 is 5.97 Å². The van der Waals surface area contributed by atoms with E-state index in [9.17, 15) is 4.79 Å². The van der Waals surface area contributed by atoms with Crippen molar-refractivity contribution in [2.45, 2.75) is 13.8 Å². The maximum Gasteiger partial charge on any atom is 0.340 e. The van der Waals surface area contributed by atoms with Crippen molar-refractivity contribution in [3.8, 4) is 12.1 Å². The van der Waals surface area contributed by atoms with Gasteiger partial charge in [-0.15, -0.1) is 0 Å². The summed E-state index contributed by atoms with van der Waals surface area (Å²) in [6.07, 6.45) is 6.52. The van der Waals surface area contributed by atoms with Gasteiger partial charge in [-0.3, -0.25) is 0 Å². The maximum atomic E-state index is 11.9. The molecule has 0 aliphatic carbocycles. The van der Waals surface area contributed by atoms with Gasteiger partial charge in [-0.1, -0.05) is 6.08 Å². The van der Waals surface area contributed by atoms with E-state index in [0.717, 1.165) is 5.70 Å². The molecule has 0 aromatic heterocycles. The van der Waals surface area contributed by atoms with E-state index in [1.807, 2.05) is 13.0 Å². The lowest BCUT2D eigenvalue weighted by Gasteiger charge is -2.14. The molecular formula is C14H13N3O2. The van der Waals surface area contributed by atoms with Crippen LogP contribution < -0.4 is 5.32 Å². The molecule has 5 nitrogen and oxygen atoms in total. The smallest absolute Gasteiger partial charge is 0.340 e. The molecule has 96 valence electrons. The molecule has 0 atom stereocenters. The Morgan fingerprint density at radius 2 is 2.16 bits per heavy atom. The summed E-state index contributed by atoms with van der Waals surface area (Å²) in [5, 5.41) is 20.5. The Bertz CT molecular complexity index is 565. The highest BCUT2D eigenvalue weighted by atomic mass is 16.5. The number of carbonyl (C=O) groups is 1. The molecule has 0 saturated heterocycles. The van der Waals surface area contributed by atoms with Crippen LogP contribution in [0.5, 0.6) is 0 Å². The minimum Gasteiger partial charge on any atom is -0.462 e. The van der Waals surface area contributed by atoms with Gasteiger partial charge in [0.2, 0.25) is 0 Å². The van der Waals surface area contributed by atoms with Crippen LogP contribution in [0.3, 0.4) is 0 Å². The lowest BCUT2D eigenvalue weighted by atomic mass is 10.1. The number of rotatable bonds is 3. The van der Waals surface area contributed by atoms with Crippen LogP contribution in [0.15, 0.2) is 46.8 Å². The highest BCUT2D eigenvalue weighted by Gasteiger charge is 2.15. The zero-order valence-electron chi connectivity index (χ0n) is 10.7. The average Bonchev–Trinajstić information content (AvgIpc) is 2.40. The lowest BCUT2D eigenvalue weighted by Crippen LogP contribution is -2.18. The standard InChI is InChI=1S/C14H13N3O2/c1-3-19-14(18)12(7-11(8-15)9-16)13-6-4-5-10(2)17-13/h4-7,17H,3H2,1-2H3/b13-12+. The maximum absolute atomic E-state index is 11.9. The third-order valence-electron chi connectivity index (χ3n) is 2.26. The van der Waals surface area contributed by atoms with Crippen LogP contribution >= 0.6 is 0 Å². The molecule has 1 aliphatic heterocycles. The molecule has 1 aliphatic rings. The number of dihydropyridines is 1. The summed E-state index contributed by atoms with van der Waals surface area (Å²) in [6.45, 7) is 3.75. The number of nitrogens with zero attached hydrogens (tertiary/aromatic N) is 2. The Hall–Kier alpha value is -2.79. The Balaban J connectivity index is 3.26.